The maximum Gasteiger partial charge on any atom is 0.338 e. The molecule has 0 amide bonds. The van der Waals surface area contributed by atoms with Gasteiger partial charge in [-0.05, 0) is 65.8 Å². The smallest absolute Gasteiger partial charge is 0.338 e. The maximum absolute atomic E-state index is 12.9. The molecule has 9 heteroatoms. The molecule has 2 rings (SSSR count). The van der Waals surface area contributed by atoms with Gasteiger partial charge in [-0.1, -0.05) is 12.2 Å². The van der Waals surface area contributed by atoms with Crippen molar-refractivity contribution in [1.82, 2.24) is 0 Å². The van der Waals surface area contributed by atoms with Gasteiger partial charge in [0.05, 0.1) is 11.1 Å². The van der Waals surface area contributed by atoms with Crippen LogP contribution in [0, 0.1) is 0 Å². The Morgan fingerprint density at radius 3 is 1.32 bits per heavy atom. The molecule has 0 radical (unpaired) electrons. The standard InChI is InChI=1S/C22H26O8S/c1-21(2,3)29-19(25)13-7-9-17(15(23)11-13)31(27,28)18-10-8-14(12-16(18)24)20(26)30-22(4,5)6/h7-12,17-18H,1-6H3. The van der Waals surface area contributed by atoms with Crippen molar-refractivity contribution in [2.45, 2.75) is 63.2 Å². The number of carbonyl (C=O) groups is 4. The van der Waals surface area contributed by atoms with Crippen LogP contribution in [0.3, 0.4) is 0 Å². The summed E-state index contributed by atoms with van der Waals surface area (Å²) in [6, 6.07) is 0. The summed E-state index contributed by atoms with van der Waals surface area (Å²) < 4.78 is 36.2. The summed E-state index contributed by atoms with van der Waals surface area (Å²) in [5.41, 5.74) is -1.72. The Balaban J connectivity index is 2.19. The van der Waals surface area contributed by atoms with E-state index in [9.17, 15) is 27.6 Å². The lowest BCUT2D eigenvalue weighted by Gasteiger charge is -2.23. The van der Waals surface area contributed by atoms with Gasteiger partial charge in [0.2, 0.25) is 0 Å². The van der Waals surface area contributed by atoms with Crippen molar-refractivity contribution in [3.8, 4) is 0 Å². The topological polar surface area (TPSA) is 121 Å². The van der Waals surface area contributed by atoms with Crippen LogP contribution in [0.2, 0.25) is 0 Å². The Morgan fingerprint density at radius 1 is 0.742 bits per heavy atom. The van der Waals surface area contributed by atoms with Crippen LogP contribution in [-0.4, -0.2) is 53.6 Å². The number of esters is 2. The van der Waals surface area contributed by atoms with Gasteiger partial charge < -0.3 is 9.47 Å². The molecule has 0 saturated heterocycles. The number of carbonyl (C=O) groups excluding carboxylic acids is 4. The second-order valence-electron chi connectivity index (χ2n) is 9.16. The van der Waals surface area contributed by atoms with Gasteiger partial charge in [-0.3, -0.25) is 9.59 Å². The van der Waals surface area contributed by atoms with E-state index in [0.29, 0.717) is 0 Å². The summed E-state index contributed by atoms with van der Waals surface area (Å²) in [5, 5.41) is -3.26. The predicted molar refractivity (Wildman–Crippen MR) is 113 cm³/mol. The van der Waals surface area contributed by atoms with Crippen LogP contribution in [0.25, 0.3) is 0 Å². The summed E-state index contributed by atoms with van der Waals surface area (Å²) in [7, 11) is -4.32. The molecule has 0 fully saturated rings. The molecule has 0 saturated carbocycles. The molecule has 31 heavy (non-hydrogen) atoms. The van der Waals surface area contributed by atoms with Gasteiger partial charge in [-0.2, -0.15) is 0 Å². The fourth-order valence-corrected chi connectivity index (χ4v) is 4.46. The van der Waals surface area contributed by atoms with Crippen molar-refractivity contribution in [1.29, 1.82) is 0 Å². The van der Waals surface area contributed by atoms with Crippen molar-refractivity contribution in [3.63, 3.8) is 0 Å². The Bertz CT molecular complexity index is 962. The zero-order valence-electron chi connectivity index (χ0n) is 18.3. The van der Waals surface area contributed by atoms with E-state index in [1.807, 2.05) is 0 Å². The summed E-state index contributed by atoms with van der Waals surface area (Å²) in [4.78, 5) is 49.1. The molecule has 0 aromatic heterocycles. The first-order valence-corrected chi connectivity index (χ1v) is 11.2. The number of ketones is 2. The highest BCUT2D eigenvalue weighted by molar-refractivity contribution is 7.94. The number of hydrogen-bond donors (Lipinski definition) is 0. The summed E-state index contributed by atoms with van der Waals surface area (Å²) in [6.45, 7) is 9.96. The highest BCUT2D eigenvalue weighted by Crippen LogP contribution is 2.25. The Kier molecular flexibility index (Phi) is 6.61. The van der Waals surface area contributed by atoms with Crippen LogP contribution < -0.4 is 0 Å². The van der Waals surface area contributed by atoms with Gasteiger partial charge >= 0.3 is 11.9 Å². The maximum atomic E-state index is 12.9. The second-order valence-corrected chi connectivity index (χ2v) is 11.4. The Hall–Kier alpha value is -2.81. The van der Waals surface area contributed by atoms with Gasteiger partial charge in [0, 0.05) is 0 Å². The summed E-state index contributed by atoms with van der Waals surface area (Å²) in [5.74, 6) is -3.23. The molecule has 0 N–H and O–H groups in total. The molecule has 0 heterocycles. The highest BCUT2D eigenvalue weighted by atomic mass is 32.2. The van der Waals surface area contributed by atoms with Crippen LogP contribution in [0.4, 0.5) is 0 Å². The zero-order chi connectivity index (χ0) is 23.8. The molecule has 8 nitrogen and oxygen atoms in total. The SMILES string of the molecule is CC(C)(C)OC(=O)C1=CC(=O)C(S(=O)(=O)C2C=CC(C(=O)OC(C)(C)C)=CC2=O)C=C1. The molecule has 0 aromatic carbocycles. The molecule has 2 aliphatic carbocycles. The average Bonchev–Trinajstić information content (AvgIpc) is 2.58. The average molecular weight is 451 g/mol. The third-order valence-corrected chi connectivity index (χ3v) is 6.23. The van der Waals surface area contributed by atoms with Gasteiger partial charge in [0.25, 0.3) is 0 Å². The van der Waals surface area contributed by atoms with E-state index in [4.69, 9.17) is 9.47 Å². The second kappa shape index (κ2) is 8.37. The van der Waals surface area contributed by atoms with E-state index in [1.54, 1.807) is 41.5 Å². The number of allylic oxidation sites excluding steroid dienone is 2. The molecule has 2 atom stereocenters. The molecule has 0 spiro atoms. The van der Waals surface area contributed by atoms with Crippen molar-refractivity contribution in [3.05, 3.63) is 47.6 Å². The lowest BCUT2D eigenvalue weighted by atomic mass is 10.0. The third kappa shape index (κ3) is 6.10. The monoisotopic (exact) mass is 450 g/mol. The molecule has 2 aliphatic rings. The van der Waals surface area contributed by atoms with Crippen LogP contribution in [0.5, 0.6) is 0 Å². The van der Waals surface area contributed by atoms with E-state index in [2.05, 4.69) is 0 Å². The van der Waals surface area contributed by atoms with E-state index in [1.165, 1.54) is 12.2 Å². The van der Waals surface area contributed by atoms with Gasteiger partial charge in [0.15, 0.2) is 21.4 Å². The Labute approximate surface area is 181 Å². The van der Waals surface area contributed by atoms with Crippen molar-refractivity contribution in [2.24, 2.45) is 0 Å². The van der Waals surface area contributed by atoms with E-state index >= 15 is 0 Å². The minimum absolute atomic E-state index is 0.0796. The number of sulfone groups is 1. The van der Waals surface area contributed by atoms with Gasteiger partial charge in [-0.15, -0.1) is 0 Å². The fraction of sp³-hybridized carbons (Fsp3) is 0.455. The van der Waals surface area contributed by atoms with Crippen LogP contribution in [0.1, 0.15) is 41.5 Å². The molecule has 0 aromatic rings. The number of ether oxygens (including phenoxy) is 2. The summed E-state index contributed by atoms with van der Waals surface area (Å²) >= 11 is 0. The molecule has 2 unspecified atom stereocenters. The first-order valence-electron chi connectivity index (χ1n) is 9.58. The first kappa shape index (κ1) is 24.5. The lowest BCUT2D eigenvalue weighted by Crippen LogP contribution is -2.41. The fourth-order valence-electron chi connectivity index (χ4n) is 2.77. The van der Waals surface area contributed by atoms with Crippen molar-refractivity contribution < 1.29 is 37.1 Å². The molecule has 0 aliphatic heterocycles. The minimum atomic E-state index is -4.32. The van der Waals surface area contributed by atoms with E-state index < -0.39 is 55.0 Å². The molecular weight excluding hydrogens is 424 g/mol. The molecule has 0 bridgehead atoms. The van der Waals surface area contributed by atoms with Crippen LogP contribution >= 0.6 is 0 Å². The van der Waals surface area contributed by atoms with Crippen molar-refractivity contribution >= 4 is 33.3 Å². The van der Waals surface area contributed by atoms with E-state index in [0.717, 1.165) is 24.3 Å². The Morgan fingerprint density at radius 2 is 1.06 bits per heavy atom. The van der Waals surface area contributed by atoms with Crippen molar-refractivity contribution in [2.75, 3.05) is 0 Å². The van der Waals surface area contributed by atoms with Crippen LogP contribution in [-0.2, 0) is 38.5 Å². The quantitative estimate of drug-likeness (QED) is 0.596. The third-order valence-electron chi connectivity index (χ3n) is 4.03. The van der Waals surface area contributed by atoms with E-state index in [-0.39, 0.29) is 11.1 Å². The van der Waals surface area contributed by atoms with Gasteiger partial charge in [-0.25, -0.2) is 18.0 Å². The number of hydrogen-bond acceptors (Lipinski definition) is 8. The van der Waals surface area contributed by atoms with Crippen LogP contribution in [0.15, 0.2) is 47.6 Å². The summed E-state index contributed by atoms with van der Waals surface area (Å²) in [6.07, 6.45) is 6.30. The highest BCUT2D eigenvalue weighted by Gasteiger charge is 2.41. The zero-order valence-corrected chi connectivity index (χ0v) is 19.1. The first-order chi connectivity index (χ1) is 14.0. The largest absolute Gasteiger partial charge is 0.456 e. The minimum Gasteiger partial charge on any atom is -0.456 e. The molecule has 168 valence electrons. The lowest BCUT2D eigenvalue weighted by molar-refractivity contribution is -0.150. The predicted octanol–water partition coefficient (Wildman–Crippen LogP) is 1.95. The van der Waals surface area contributed by atoms with Gasteiger partial charge in [0.1, 0.15) is 21.7 Å². The normalized spacial score (nSPS) is 22.0. The molecular formula is C22H26O8S. The number of rotatable bonds is 4.